The van der Waals surface area contributed by atoms with Gasteiger partial charge in [-0.3, -0.25) is 4.79 Å². The van der Waals surface area contributed by atoms with Crippen LogP contribution in [0.5, 0.6) is 0 Å². The van der Waals surface area contributed by atoms with Crippen molar-refractivity contribution in [2.24, 2.45) is 0 Å². The summed E-state index contributed by atoms with van der Waals surface area (Å²) in [6.45, 7) is 2.29. The van der Waals surface area contributed by atoms with Crippen molar-refractivity contribution in [1.82, 2.24) is 9.62 Å². The highest BCUT2D eigenvalue weighted by atomic mass is 35.5. The molecule has 0 radical (unpaired) electrons. The first-order valence-electron chi connectivity index (χ1n) is 7.73. The number of rotatable bonds is 7. The quantitative estimate of drug-likeness (QED) is 0.775. The predicted molar refractivity (Wildman–Crippen MR) is 103 cm³/mol. The van der Waals surface area contributed by atoms with Crippen molar-refractivity contribution in [3.8, 4) is 0 Å². The summed E-state index contributed by atoms with van der Waals surface area (Å²) in [6.07, 6.45) is 1.69. The van der Waals surface area contributed by atoms with Crippen LogP contribution < -0.4 is 4.72 Å². The molecule has 0 fully saturated rings. The van der Waals surface area contributed by atoms with Crippen LogP contribution in [0.2, 0.25) is 5.02 Å². The van der Waals surface area contributed by atoms with Gasteiger partial charge in [0.15, 0.2) is 0 Å². The Bertz CT molecular complexity index is 832. The summed E-state index contributed by atoms with van der Waals surface area (Å²) in [6, 6.07) is 11.0. The van der Waals surface area contributed by atoms with Crippen LogP contribution in [0, 0.1) is 0 Å². The van der Waals surface area contributed by atoms with Crippen molar-refractivity contribution in [2.75, 3.05) is 19.8 Å². The van der Waals surface area contributed by atoms with E-state index in [1.165, 1.54) is 11.3 Å². The molecule has 8 heteroatoms. The molecule has 2 aromatic rings. The molecule has 2 rings (SSSR count). The molecule has 0 saturated carbocycles. The second-order valence-electron chi connectivity index (χ2n) is 5.83. The van der Waals surface area contributed by atoms with Crippen molar-refractivity contribution in [1.29, 1.82) is 0 Å². The van der Waals surface area contributed by atoms with Gasteiger partial charge in [-0.1, -0.05) is 23.7 Å². The lowest BCUT2D eigenvalue weighted by molar-refractivity contribution is 0.0747. The fourth-order valence-electron chi connectivity index (χ4n) is 2.30. The SMILES string of the molecule is CC(c1ccc(Cl)cc1)N(C)C(=O)c1ccc(CCNS(C)(=O)=O)s1. The minimum atomic E-state index is -3.19. The lowest BCUT2D eigenvalue weighted by Crippen LogP contribution is -2.29. The minimum Gasteiger partial charge on any atom is -0.334 e. The monoisotopic (exact) mass is 400 g/mol. The summed E-state index contributed by atoms with van der Waals surface area (Å²) in [7, 11) is -1.42. The van der Waals surface area contributed by atoms with E-state index in [1.807, 2.05) is 37.3 Å². The fraction of sp³-hybridized carbons (Fsp3) is 0.353. The van der Waals surface area contributed by atoms with E-state index >= 15 is 0 Å². The largest absolute Gasteiger partial charge is 0.334 e. The number of thiophene rings is 1. The molecule has 0 aliphatic rings. The molecule has 0 aliphatic heterocycles. The normalized spacial score (nSPS) is 12.8. The molecule has 0 bridgehead atoms. The Morgan fingerprint density at radius 3 is 2.48 bits per heavy atom. The third kappa shape index (κ3) is 5.81. The molecule has 1 aromatic heterocycles. The van der Waals surface area contributed by atoms with Gasteiger partial charge in [0.2, 0.25) is 10.0 Å². The lowest BCUT2D eigenvalue weighted by atomic mass is 10.1. The van der Waals surface area contributed by atoms with E-state index in [1.54, 1.807) is 18.0 Å². The molecular formula is C17H21ClN2O3S2. The Morgan fingerprint density at radius 2 is 1.88 bits per heavy atom. The molecule has 1 heterocycles. The smallest absolute Gasteiger partial charge is 0.264 e. The summed E-state index contributed by atoms with van der Waals surface area (Å²) >= 11 is 7.29. The van der Waals surface area contributed by atoms with E-state index in [-0.39, 0.29) is 11.9 Å². The fourth-order valence-corrected chi connectivity index (χ4v) is 3.89. The van der Waals surface area contributed by atoms with Crippen molar-refractivity contribution in [3.63, 3.8) is 0 Å². The number of carbonyl (C=O) groups is 1. The standard InChI is InChI=1S/C17H21ClN2O3S2/c1-12(13-4-6-14(18)7-5-13)20(2)17(21)16-9-8-15(24-16)10-11-19-25(3,22)23/h4-9,12,19H,10-11H2,1-3H3. The van der Waals surface area contributed by atoms with Gasteiger partial charge in [0, 0.05) is 23.5 Å². The Kier molecular flexibility index (Phi) is 6.62. The maximum absolute atomic E-state index is 12.7. The molecule has 0 saturated heterocycles. The van der Waals surface area contributed by atoms with E-state index in [0.717, 1.165) is 16.7 Å². The zero-order chi connectivity index (χ0) is 18.6. The first-order chi connectivity index (χ1) is 11.7. The first kappa shape index (κ1) is 19.9. The van der Waals surface area contributed by atoms with Gasteiger partial charge in [0.1, 0.15) is 0 Å². The average Bonchev–Trinajstić information content (AvgIpc) is 3.01. The Hall–Kier alpha value is -1.41. The van der Waals surface area contributed by atoms with Gasteiger partial charge in [0.25, 0.3) is 5.91 Å². The Balaban J connectivity index is 2.01. The molecule has 25 heavy (non-hydrogen) atoms. The maximum Gasteiger partial charge on any atom is 0.264 e. The van der Waals surface area contributed by atoms with Crippen molar-refractivity contribution < 1.29 is 13.2 Å². The summed E-state index contributed by atoms with van der Waals surface area (Å²) < 4.78 is 24.6. The predicted octanol–water partition coefficient (Wildman–Crippen LogP) is 3.33. The molecule has 1 amide bonds. The number of nitrogens with zero attached hydrogens (tertiary/aromatic N) is 1. The third-order valence-corrected chi connectivity index (χ3v) is 5.98. The molecule has 1 unspecified atom stereocenters. The van der Waals surface area contributed by atoms with E-state index < -0.39 is 10.0 Å². The zero-order valence-electron chi connectivity index (χ0n) is 14.3. The number of hydrogen-bond acceptors (Lipinski definition) is 4. The van der Waals surface area contributed by atoms with Crippen LogP contribution in [0.4, 0.5) is 0 Å². The highest BCUT2D eigenvalue weighted by Gasteiger charge is 2.20. The molecule has 0 aliphatic carbocycles. The second-order valence-corrected chi connectivity index (χ2v) is 9.26. The van der Waals surface area contributed by atoms with Crippen LogP contribution in [0.3, 0.4) is 0 Å². The summed E-state index contributed by atoms with van der Waals surface area (Å²) in [4.78, 5) is 16.0. The first-order valence-corrected chi connectivity index (χ1v) is 10.8. The van der Waals surface area contributed by atoms with Crippen LogP contribution in [0.25, 0.3) is 0 Å². The maximum atomic E-state index is 12.7. The number of benzene rings is 1. The molecule has 0 spiro atoms. The van der Waals surface area contributed by atoms with Crippen LogP contribution in [-0.2, 0) is 16.4 Å². The van der Waals surface area contributed by atoms with Crippen LogP contribution in [0.1, 0.15) is 33.1 Å². The molecule has 1 N–H and O–H groups in total. The minimum absolute atomic E-state index is 0.0604. The van der Waals surface area contributed by atoms with Crippen molar-refractivity contribution in [2.45, 2.75) is 19.4 Å². The van der Waals surface area contributed by atoms with E-state index in [9.17, 15) is 13.2 Å². The van der Waals surface area contributed by atoms with E-state index in [0.29, 0.717) is 22.9 Å². The lowest BCUT2D eigenvalue weighted by Gasteiger charge is -2.25. The Labute approximate surface area is 157 Å². The molecule has 1 aromatic carbocycles. The third-order valence-electron chi connectivity index (χ3n) is 3.86. The van der Waals surface area contributed by atoms with Crippen molar-refractivity contribution in [3.05, 3.63) is 56.7 Å². The van der Waals surface area contributed by atoms with Crippen LogP contribution in [0.15, 0.2) is 36.4 Å². The molecule has 136 valence electrons. The van der Waals surface area contributed by atoms with Crippen LogP contribution in [-0.4, -0.2) is 39.1 Å². The van der Waals surface area contributed by atoms with Crippen molar-refractivity contribution >= 4 is 38.9 Å². The van der Waals surface area contributed by atoms with E-state index in [4.69, 9.17) is 11.6 Å². The molecule has 5 nitrogen and oxygen atoms in total. The van der Waals surface area contributed by atoms with Crippen LogP contribution >= 0.6 is 22.9 Å². The van der Waals surface area contributed by atoms with Gasteiger partial charge in [-0.15, -0.1) is 11.3 Å². The van der Waals surface area contributed by atoms with Gasteiger partial charge in [-0.05, 0) is 43.2 Å². The van der Waals surface area contributed by atoms with E-state index in [2.05, 4.69) is 4.72 Å². The summed E-state index contributed by atoms with van der Waals surface area (Å²) in [5, 5.41) is 0.663. The number of amides is 1. The highest BCUT2D eigenvalue weighted by Crippen LogP contribution is 2.25. The molecular weight excluding hydrogens is 380 g/mol. The topological polar surface area (TPSA) is 66.5 Å². The molecule has 1 atom stereocenters. The van der Waals surface area contributed by atoms with Gasteiger partial charge in [-0.2, -0.15) is 0 Å². The number of hydrogen-bond donors (Lipinski definition) is 1. The van der Waals surface area contributed by atoms with Gasteiger partial charge >= 0.3 is 0 Å². The summed E-state index contributed by atoms with van der Waals surface area (Å²) in [5.74, 6) is -0.0604. The van der Waals surface area contributed by atoms with Gasteiger partial charge < -0.3 is 4.90 Å². The average molecular weight is 401 g/mol. The number of nitrogens with one attached hydrogen (secondary N) is 1. The number of sulfonamides is 1. The summed E-state index contributed by atoms with van der Waals surface area (Å²) in [5.41, 5.74) is 1.01. The number of halogens is 1. The highest BCUT2D eigenvalue weighted by molar-refractivity contribution is 7.88. The number of carbonyl (C=O) groups excluding carboxylic acids is 1. The zero-order valence-corrected chi connectivity index (χ0v) is 16.7. The second kappa shape index (κ2) is 8.31. The van der Waals surface area contributed by atoms with Gasteiger partial charge in [0.05, 0.1) is 17.2 Å². The Morgan fingerprint density at radius 1 is 1.24 bits per heavy atom. The van der Waals surface area contributed by atoms with Gasteiger partial charge in [-0.25, -0.2) is 13.1 Å².